The molecule has 0 aliphatic rings. The minimum atomic E-state index is -0.414. The molecule has 0 radical (unpaired) electrons. The van der Waals surface area contributed by atoms with Crippen molar-refractivity contribution in [2.45, 2.75) is 77.0 Å². The first-order chi connectivity index (χ1) is 29.7. The van der Waals surface area contributed by atoms with Gasteiger partial charge in [0.15, 0.2) is 0 Å². The monoisotopic (exact) mass is 821 g/mol. The maximum atomic E-state index is 10.00. The summed E-state index contributed by atoms with van der Waals surface area (Å²) in [5, 5.41) is 10.00. The third kappa shape index (κ3) is 8.73. The first kappa shape index (κ1) is 44.1. The highest BCUT2D eigenvalue weighted by Crippen LogP contribution is 2.49. The number of aliphatic hydroxyl groups excluding tert-OH is 1. The Balaban J connectivity index is 1.41. The van der Waals surface area contributed by atoms with Crippen LogP contribution in [0.4, 0.5) is 0 Å². The summed E-state index contributed by atoms with van der Waals surface area (Å²) in [5.41, 5.74) is 18.2. The predicted molar refractivity (Wildman–Crippen MR) is 259 cm³/mol. The second-order valence-electron chi connectivity index (χ2n) is 18.6. The topological polar surface area (TPSA) is 64.7 Å². The number of hydrogen-bond donors (Lipinski definition) is 2. The van der Waals surface area contributed by atoms with Crippen molar-refractivity contribution < 1.29 is 14.6 Å². The van der Waals surface area contributed by atoms with Gasteiger partial charge in [-0.2, -0.15) is 0 Å². The molecular formula is C58H63NO3. The number of nitrogens with two attached hydrogens (primary N) is 1. The first-order valence-corrected chi connectivity index (χ1v) is 22.0. The zero-order valence-electron chi connectivity index (χ0n) is 37.8. The van der Waals surface area contributed by atoms with Gasteiger partial charge in [-0.05, 0) is 56.6 Å². The maximum Gasteiger partial charge on any atom is 0.131 e. The van der Waals surface area contributed by atoms with Crippen molar-refractivity contribution in [1.82, 2.24) is 0 Å². The van der Waals surface area contributed by atoms with Crippen molar-refractivity contribution in [2.75, 3.05) is 26.4 Å². The van der Waals surface area contributed by atoms with Gasteiger partial charge < -0.3 is 20.3 Å². The van der Waals surface area contributed by atoms with Gasteiger partial charge in [-0.25, -0.2) is 0 Å². The lowest BCUT2D eigenvalue weighted by atomic mass is 9.69. The fourth-order valence-corrected chi connectivity index (χ4v) is 8.84. The van der Waals surface area contributed by atoms with Gasteiger partial charge >= 0.3 is 0 Å². The standard InChI is InChI=1S/C58H63NO3/c1-55(2,47-37-49(41-22-13-9-14-23-41)53(61-34-32-59)51(39-47)57(5,6)43-26-17-11-18-27-43)45-30-21-31-46(36-45)56(3,4)48-38-50(42-24-15-10-16-25-42)54(62-35-33-60)52(40-48)58(7,8)44-28-19-12-20-29-44/h9-31,36-40,60H,32-35,59H2,1-8H3. The van der Waals surface area contributed by atoms with E-state index in [4.69, 9.17) is 15.2 Å². The van der Waals surface area contributed by atoms with Crippen LogP contribution in [0.15, 0.2) is 170 Å². The third-order valence-corrected chi connectivity index (χ3v) is 13.1. The fraction of sp³-hybridized carbons (Fsp3) is 0.276. The summed E-state index contributed by atoms with van der Waals surface area (Å²) in [7, 11) is 0. The normalized spacial score (nSPS) is 12.3. The number of hydrogen-bond acceptors (Lipinski definition) is 4. The predicted octanol–water partition coefficient (Wildman–Crippen LogP) is 13.0. The molecule has 0 saturated carbocycles. The zero-order valence-corrected chi connectivity index (χ0v) is 37.8. The largest absolute Gasteiger partial charge is 0.491 e. The highest BCUT2D eigenvalue weighted by molar-refractivity contribution is 5.77. The van der Waals surface area contributed by atoms with Gasteiger partial charge in [-0.1, -0.05) is 213 Å². The summed E-state index contributed by atoms with van der Waals surface area (Å²) >= 11 is 0. The van der Waals surface area contributed by atoms with Gasteiger partial charge in [0.25, 0.3) is 0 Å². The number of benzene rings is 7. The lowest BCUT2D eigenvalue weighted by Gasteiger charge is -2.35. The molecule has 62 heavy (non-hydrogen) atoms. The minimum absolute atomic E-state index is 0.0726. The van der Waals surface area contributed by atoms with Gasteiger partial charge in [-0.15, -0.1) is 0 Å². The molecule has 0 spiro atoms. The minimum Gasteiger partial charge on any atom is -0.491 e. The lowest BCUT2D eigenvalue weighted by molar-refractivity contribution is 0.199. The smallest absolute Gasteiger partial charge is 0.131 e. The number of aliphatic hydroxyl groups is 1. The second kappa shape index (κ2) is 18.2. The van der Waals surface area contributed by atoms with Crippen molar-refractivity contribution in [3.05, 3.63) is 214 Å². The summed E-state index contributed by atoms with van der Waals surface area (Å²) in [5.74, 6) is 1.68. The van der Waals surface area contributed by atoms with Crippen LogP contribution < -0.4 is 15.2 Å². The Morgan fingerprint density at radius 1 is 0.387 bits per heavy atom. The molecule has 4 heteroatoms. The highest BCUT2D eigenvalue weighted by Gasteiger charge is 2.36. The number of ether oxygens (including phenoxy) is 2. The molecule has 0 bridgehead atoms. The molecule has 0 aliphatic carbocycles. The van der Waals surface area contributed by atoms with Crippen molar-refractivity contribution in [3.63, 3.8) is 0 Å². The average molecular weight is 822 g/mol. The van der Waals surface area contributed by atoms with E-state index in [0.29, 0.717) is 13.2 Å². The van der Waals surface area contributed by atoms with E-state index in [2.05, 4.69) is 219 Å². The molecule has 3 N–H and O–H groups in total. The van der Waals surface area contributed by atoms with Crippen molar-refractivity contribution in [3.8, 4) is 33.8 Å². The van der Waals surface area contributed by atoms with Crippen molar-refractivity contribution in [1.29, 1.82) is 0 Å². The SMILES string of the molecule is CC(C)(c1cccc(C(C)(C)c2cc(-c3ccccc3)c(OCCO)c(C(C)(C)c3ccccc3)c2)c1)c1cc(-c2ccccc2)c(OCCN)c(C(C)(C)c2ccccc2)c1. The average Bonchev–Trinajstić information content (AvgIpc) is 3.30. The molecule has 7 aromatic carbocycles. The Bertz CT molecular complexity index is 2400. The first-order valence-electron chi connectivity index (χ1n) is 22.0. The van der Waals surface area contributed by atoms with Crippen LogP contribution >= 0.6 is 0 Å². The van der Waals surface area contributed by atoms with Crippen LogP contribution in [-0.2, 0) is 21.7 Å². The van der Waals surface area contributed by atoms with Gasteiger partial charge in [0.1, 0.15) is 24.7 Å². The van der Waals surface area contributed by atoms with Gasteiger partial charge in [0, 0.05) is 50.5 Å². The fourth-order valence-electron chi connectivity index (χ4n) is 8.84. The highest BCUT2D eigenvalue weighted by atomic mass is 16.5. The van der Waals surface area contributed by atoms with E-state index in [-0.39, 0.29) is 18.6 Å². The Kier molecular flexibility index (Phi) is 12.9. The van der Waals surface area contributed by atoms with E-state index in [9.17, 15) is 5.11 Å². The van der Waals surface area contributed by atoms with Gasteiger partial charge in [-0.3, -0.25) is 0 Å². The van der Waals surface area contributed by atoms with Crippen LogP contribution in [0, 0.1) is 0 Å². The Morgan fingerprint density at radius 3 is 1.11 bits per heavy atom. The number of rotatable bonds is 16. The van der Waals surface area contributed by atoms with Crippen LogP contribution in [0.25, 0.3) is 22.3 Å². The van der Waals surface area contributed by atoms with E-state index in [1.807, 2.05) is 6.07 Å². The third-order valence-electron chi connectivity index (χ3n) is 13.1. The van der Waals surface area contributed by atoms with Crippen LogP contribution in [0.2, 0.25) is 0 Å². The summed E-state index contributed by atoms with van der Waals surface area (Å²) in [6, 6.07) is 60.9. The zero-order chi connectivity index (χ0) is 44.1. The summed E-state index contributed by atoms with van der Waals surface area (Å²) in [6.45, 7) is 19.4. The molecule has 0 aromatic heterocycles. The van der Waals surface area contributed by atoms with Crippen LogP contribution in [0.3, 0.4) is 0 Å². The van der Waals surface area contributed by atoms with Crippen LogP contribution in [0.1, 0.15) is 99.9 Å². The molecule has 4 nitrogen and oxygen atoms in total. The molecule has 0 unspecified atom stereocenters. The van der Waals surface area contributed by atoms with Crippen molar-refractivity contribution in [2.24, 2.45) is 5.73 Å². The quantitative estimate of drug-likeness (QED) is 0.102. The Hall–Kier alpha value is -5.94. The Labute approximate surface area is 370 Å². The van der Waals surface area contributed by atoms with E-state index in [1.165, 1.54) is 33.4 Å². The van der Waals surface area contributed by atoms with E-state index >= 15 is 0 Å². The molecule has 318 valence electrons. The molecular weight excluding hydrogens is 759 g/mol. The molecule has 0 atom stereocenters. The maximum absolute atomic E-state index is 10.00. The molecule has 7 aromatic rings. The summed E-state index contributed by atoms with van der Waals surface area (Å²) in [4.78, 5) is 0. The van der Waals surface area contributed by atoms with Crippen LogP contribution in [-0.4, -0.2) is 31.5 Å². The lowest BCUT2D eigenvalue weighted by Crippen LogP contribution is -2.26. The molecule has 0 amide bonds. The second-order valence-corrected chi connectivity index (χ2v) is 18.6. The van der Waals surface area contributed by atoms with Crippen LogP contribution in [0.5, 0.6) is 11.5 Å². The molecule has 0 fully saturated rings. The summed E-state index contributed by atoms with van der Waals surface area (Å²) in [6.07, 6.45) is 0. The molecule has 0 saturated heterocycles. The van der Waals surface area contributed by atoms with Crippen molar-refractivity contribution >= 4 is 0 Å². The van der Waals surface area contributed by atoms with Gasteiger partial charge in [0.05, 0.1) is 6.61 Å². The molecule has 0 aliphatic heterocycles. The summed E-state index contributed by atoms with van der Waals surface area (Å²) < 4.78 is 13.2. The van der Waals surface area contributed by atoms with Gasteiger partial charge in [0.2, 0.25) is 0 Å². The van der Waals surface area contributed by atoms with E-state index in [1.54, 1.807) is 0 Å². The molecule has 0 heterocycles. The Morgan fingerprint density at radius 2 is 0.742 bits per heavy atom. The molecule has 7 rings (SSSR count). The van der Waals surface area contributed by atoms with E-state index in [0.717, 1.165) is 44.9 Å². The van der Waals surface area contributed by atoms with E-state index < -0.39 is 16.2 Å².